The van der Waals surface area contributed by atoms with Crippen LogP contribution in [0.15, 0.2) is 24.3 Å². The zero-order chi connectivity index (χ0) is 15.2. The molecular weight excluding hydrogens is 268 g/mol. The zero-order valence-corrected chi connectivity index (χ0v) is 12.1. The number of hydrogen-bond donors (Lipinski definition) is 2. The number of nitrogens with zero attached hydrogens (tertiary/aromatic N) is 1. The first-order valence-corrected chi connectivity index (χ1v) is 7.42. The third-order valence-electron chi connectivity index (χ3n) is 4.05. The van der Waals surface area contributed by atoms with Crippen molar-refractivity contribution < 1.29 is 14.7 Å². The van der Waals surface area contributed by atoms with Crippen LogP contribution in [0.2, 0.25) is 0 Å². The average Bonchev–Trinajstić information content (AvgIpc) is 2.97. The minimum Gasteiger partial charge on any atom is -0.480 e. The van der Waals surface area contributed by atoms with Gasteiger partial charge in [-0.25, -0.2) is 0 Å². The number of benzene rings is 1. The molecule has 0 bridgehead atoms. The van der Waals surface area contributed by atoms with Crippen LogP contribution in [0.3, 0.4) is 0 Å². The number of carbonyl (C=O) groups is 2. The fraction of sp³-hybridized carbons (Fsp3) is 0.500. The van der Waals surface area contributed by atoms with Crippen molar-refractivity contribution in [2.75, 3.05) is 12.3 Å². The van der Waals surface area contributed by atoms with Crippen LogP contribution < -0.4 is 5.73 Å². The number of amides is 1. The zero-order valence-electron chi connectivity index (χ0n) is 12.1. The highest BCUT2D eigenvalue weighted by atomic mass is 16.4. The molecule has 1 aromatic rings. The molecule has 5 nitrogen and oxygen atoms in total. The van der Waals surface area contributed by atoms with Gasteiger partial charge in [-0.1, -0.05) is 31.0 Å². The predicted octanol–water partition coefficient (Wildman–Crippen LogP) is 2.06. The van der Waals surface area contributed by atoms with Crippen LogP contribution in [0.4, 0.5) is 5.69 Å². The van der Waals surface area contributed by atoms with E-state index in [1.54, 1.807) is 0 Å². The summed E-state index contributed by atoms with van der Waals surface area (Å²) in [7, 11) is 0. The van der Waals surface area contributed by atoms with E-state index < -0.39 is 5.97 Å². The Kier molecular flexibility index (Phi) is 5.20. The largest absolute Gasteiger partial charge is 0.480 e. The van der Waals surface area contributed by atoms with E-state index in [1.165, 1.54) is 4.90 Å². The summed E-state index contributed by atoms with van der Waals surface area (Å²) >= 11 is 0. The van der Waals surface area contributed by atoms with Crippen molar-refractivity contribution in [1.82, 2.24) is 4.90 Å². The molecule has 0 unspecified atom stereocenters. The fourth-order valence-electron chi connectivity index (χ4n) is 2.93. The molecular formula is C16H22N2O3. The first kappa shape index (κ1) is 15.4. The molecule has 3 N–H and O–H groups in total. The lowest BCUT2D eigenvalue weighted by Crippen LogP contribution is -2.42. The van der Waals surface area contributed by atoms with Gasteiger partial charge in [0.1, 0.15) is 6.54 Å². The van der Waals surface area contributed by atoms with Gasteiger partial charge in [-0.2, -0.15) is 0 Å². The van der Waals surface area contributed by atoms with Crippen LogP contribution in [0, 0.1) is 0 Å². The molecule has 2 rings (SSSR count). The molecule has 1 fully saturated rings. The van der Waals surface area contributed by atoms with Gasteiger partial charge >= 0.3 is 5.97 Å². The van der Waals surface area contributed by atoms with E-state index in [1.807, 2.05) is 24.3 Å². The maximum Gasteiger partial charge on any atom is 0.323 e. The lowest BCUT2D eigenvalue weighted by Gasteiger charge is -2.27. The summed E-state index contributed by atoms with van der Waals surface area (Å²) in [5.41, 5.74) is 7.48. The summed E-state index contributed by atoms with van der Waals surface area (Å²) in [6.45, 7) is -0.201. The lowest BCUT2D eigenvalue weighted by molar-refractivity contribution is -0.146. The van der Waals surface area contributed by atoms with Gasteiger partial charge in [-0.05, 0) is 30.9 Å². The van der Waals surface area contributed by atoms with E-state index in [-0.39, 0.29) is 18.5 Å². The molecule has 0 aliphatic heterocycles. The number of nitrogens with two attached hydrogens (primary N) is 1. The van der Waals surface area contributed by atoms with Gasteiger partial charge in [0.25, 0.3) is 0 Å². The SMILES string of the molecule is Nc1ccccc1CCC(=O)N(CC(=O)O)C1CCCC1. The maximum absolute atomic E-state index is 12.4. The third kappa shape index (κ3) is 4.21. The summed E-state index contributed by atoms with van der Waals surface area (Å²) < 4.78 is 0. The van der Waals surface area contributed by atoms with E-state index in [2.05, 4.69) is 0 Å². The van der Waals surface area contributed by atoms with Gasteiger partial charge in [-0.3, -0.25) is 9.59 Å². The second kappa shape index (κ2) is 7.11. The Morgan fingerprint density at radius 3 is 2.52 bits per heavy atom. The third-order valence-corrected chi connectivity index (χ3v) is 4.05. The minimum atomic E-state index is -0.950. The van der Waals surface area contributed by atoms with Crippen LogP contribution in [0.25, 0.3) is 0 Å². The second-order valence-electron chi connectivity index (χ2n) is 5.55. The second-order valence-corrected chi connectivity index (χ2v) is 5.55. The summed E-state index contributed by atoms with van der Waals surface area (Å²) in [5.74, 6) is -1.04. The molecule has 21 heavy (non-hydrogen) atoms. The summed E-state index contributed by atoms with van der Waals surface area (Å²) in [4.78, 5) is 24.9. The van der Waals surface area contributed by atoms with Crippen molar-refractivity contribution in [2.45, 2.75) is 44.6 Å². The number of anilines is 1. The van der Waals surface area contributed by atoms with E-state index >= 15 is 0 Å². The summed E-state index contributed by atoms with van der Waals surface area (Å²) in [5, 5.41) is 9.01. The molecule has 1 aliphatic carbocycles. The number of rotatable bonds is 6. The van der Waals surface area contributed by atoms with Crippen molar-refractivity contribution in [1.29, 1.82) is 0 Å². The van der Waals surface area contributed by atoms with Gasteiger partial charge < -0.3 is 15.7 Å². The molecule has 5 heteroatoms. The highest BCUT2D eigenvalue weighted by molar-refractivity contribution is 5.82. The van der Waals surface area contributed by atoms with Crippen molar-refractivity contribution >= 4 is 17.6 Å². The molecule has 1 saturated carbocycles. The Morgan fingerprint density at radius 1 is 1.24 bits per heavy atom. The van der Waals surface area contributed by atoms with Crippen molar-refractivity contribution in [3.63, 3.8) is 0 Å². The normalized spacial score (nSPS) is 15.0. The topological polar surface area (TPSA) is 83.6 Å². The molecule has 0 saturated heterocycles. The van der Waals surface area contributed by atoms with E-state index in [0.29, 0.717) is 18.5 Å². The number of hydrogen-bond acceptors (Lipinski definition) is 3. The van der Waals surface area contributed by atoms with Crippen molar-refractivity contribution in [2.24, 2.45) is 0 Å². The van der Waals surface area contributed by atoms with Gasteiger partial charge in [0, 0.05) is 18.2 Å². The fourth-order valence-corrected chi connectivity index (χ4v) is 2.93. The predicted molar refractivity (Wildman–Crippen MR) is 80.8 cm³/mol. The molecule has 1 amide bonds. The molecule has 114 valence electrons. The standard InChI is InChI=1S/C16H22N2O3/c17-14-8-4-1-5-12(14)9-10-15(19)18(11-16(20)21)13-6-2-3-7-13/h1,4-5,8,13H,2-3,6-7,9-11,17H2,(H,20,21). The van der Waals surface area contributed by atoms with E-state index in [9.17, 15) is 9.59 Å². The molecule has 0 aromatic heterocycles. The monoisotopic (exact) mass is 290 g/mol. The molecule has 0 spiro atoms. The van der Waals surface area contributed by atoms with Crippen molar-refractivity contribution in [3.8, 4) is 0 Å². The number of para-hydroxylation sites is 1. The Hall–Kier alpha value is -2.04. The van der Waals surface area contributed by atoms with Crippen molar-refractivity contribution in [3.05, 3.63) is 29.8 Å². The summed E-state index contributed by atoms with van der Waals surface area (Å²) in [6.07, 6.45) is 4.81. The number of aryl methyl sites for hydroxylation is 1. The van der Waals surface area contributed by atoms with Gasteiger partial charge in [0.15, 0.2) is 0 Å². The molecule has 0 radical (unpaired) electrons. The quantitative estimate of drug-likeness (QED) is 0.785. The van der Waals surface area contributed by atoms with Crippen LogP contribution in [0.5, 0.6) is 0 Å². The van der Waals surface area contributed by atoms with Crippen LogP contribution in [0.1, 0.15) is 37.7 Å². The Labute approximate surface area is 124 Å². The maximum atomic E-state index is 12.4. The van der Waals surface area contributed by atoms with Gasteiger partial charge in [0.2, 0.25) is 5.91 Å². The Bertz CT molecular complexity index is 510. The molecule has 0 atom stereocenters. The highest BCUT2D eigenvalue weighted by Crippen LogP contribution is 2.24. The molecule has 1 aliphatic rings. The average molecular weight is 290 g/mol. The molecule has 1 aromatic carbocycles. The Balaban J connectivity index is 1.97. The van der Waals surface area contributed by atoms with Crippen LogP contribution >= 0.6 is 0 Å². The van der Waals surface area contributed by atoms with Gasteiger partial charge in [-0.15, -0.1) is 0 Å². The number of carbonyl (C=O) groups excluding carboxylic acids is 1. The first-order valence-electron chi connectivity index (χ1n) is 7.42. The number of aliphatic carboxylic acids is 1. The number of carboxylic acid groups (broad SMARTS) is 1. The van der Waals surface area contributed by atoms with Crippen LogP contribution in [-0.2, 0) is 16.0 Å². The minimum absolute atomic E-state index is 0.0849. The molecule has 0 heterocycles. The lowest BCUT2D eigenvalue weighted by atomic mass is 10.1. The summed E-state index contributed by atoms with van der Waals surface area (Å²) in [6, 6.07) is 7.55. The Morgan fingerprint density at radius 2 is 1.90 bits per heavy atom. The first-order chi connectivity index (χ1) is 10.1. The van der Waals surface area contributed by atoms with E-state index in [0.717, 1.165) is 31.2 Å². The number of carboxylic acids is 1. The number of nitrogen functional groups attached to an aromatic ring is 1. The van der Waals surface area contributed by atoms with Crippen LogP contribution in [-0.4, -0.2) is 34.5 Å². The highest BCUT2D eigenvalue weighted by Gasteiger charge is 2.27. The van der Waals surface area contributed by atoms with Gasteiger partial charge in [0.05, 0.1) is 0 Å². The smallest absolute Gasteiger partial charge is 0.323 e. The van der Waals surface area contributed by atoms with E-state index in [4.69, 9.17) is 10.8 Å².